The number of carboxylic acid groups (broad SMARTS) is 1. The van der Waals surface area contributed by atoms with Crippen molar-refractivity contribution in [2.24, 2.45) is 0 Å². The van der Waals surface area contributed by atoms with Crippen molar-refractivity contribution in [1.82, 2.24) is 15.2 Å². The van der Waals surface area contributed by atoms with E-state index in [2.05, 4.69) is 10.3 Å². The lowest BCUT2D eigenvalue weighted by Crippen LogP contribution is -2.45. The number of hydrogen-bond acceptors (Lipinski definition) is 6. The van der Waals surface area contributed by atoms with Crippen molar-refractivity contribution in [3.8, 4) is 16.2 Å². The maximum atomic E-state index is 12.3. The van der Waals surface area contributed by atoms with Crippen molar-refractivity contribution in [1.29, 1.82) is 0 Å². The Balaban J connectivity index is 1.62. The number of ether oxygens (including phenoxy) is 1. The molecular formula is C19H23N3O5S. The third-order valence-corrected chi connectivity index (χ3v) is 5.79. The summed E-state index contributed by atoms with van der Waals surface area (Å²) in [5, 5.41) is 21.6. The number of aliphatic hydroxyl groups is 1. The number of aromatic nitrogens is 1. The molecule has 3 N–H and O–H groups in total. The van der Waals surface area contributed by atoms with Gasteiger partial charge in [-0.05, 0) is 30.5 Å². The highest BCUT2D eigenvalue weighted by Gasteiger charge is 2.38. The summed E-state index contributed by atoms with van der Waals surface area (Å²) in [6, 6.07) is 5.06. The number of hydrogen-bond donors (Lipinski definition) is 3. The molecule has 150 valence electrons. The SMILES string of the molecule is COc1cc(-c2scnc2C)ccc1CCNC(=O)[C@@H]1C[C@@H](O)CN1C(=O)O. The summed E-state index contributed by atoms with van der Waals surface area (Å²) in [6.07, 6.45) is -1.36. The smallest absolute Gasteiger partial charge is 0.408 e. The molecule has 2 atom stereocenters. The summed E-state index contributed by atoms with van der Waals surface area (Å²) in [5.41, 5.74) is 4.74. The second-order valence-electron chi connectivity index (χ2n) is 6.67. The first-order valence-corrected chi connectivity index (χ1v) is 9.81. The fourth-order valence-corrected chi connectivity index (χ4v) is 4.19. The zero-order valence-electron chi connectivity index (χ0n) is 15.7. The number of methoxy groups -OCH3 is 1. The van der Waals surface area contributed by atoms with E-state index in [4.69, 9.17) is 9.84 Å². The van der Waals surface area contributed by atoms with E-state index in [0.29, 0.717) is 13.0 Å². The van der Waals surface area contributed by atoms with Gasteiger partial charge in [-0.2, -0.15) is 0 Å². The van der Waals surface area contributed by atoms with E-state index in [0.717, 1.165) is 32.3 Å². The number of thiazole rings is 1. The number of aryl methyl sites for hydroxylation is 1. The van der Waals surface area contributed by atoms with Gasteiger partial charge < -0.3 is 20.3 Å². The van der Waals surface area contributed by atoms with Gasteiger partial charge in [0.15, 0.2) is 0 Å². The van der Waals surface area contributed by atoms with Crippen LogP contribution in [-0.2, 0) is 11.2 Å². The summed E-state index contributed by atoms with van der Waals surface area (Å²) in [5.74, 6) is 0.331. The predicted molar refractivity (Wildman–Crippen MR) is 105 cm³/mol. The van der Waals surface area contributed by atoms with Gasteiger partial charge in [-0.25, -0.2) is 9.78 Å². The van der Waals surface area contributed by atoms with Gasteiger partial charge in [0, 0.05) is 13.0 Å². The minimum absolute atomic E-state index is 0.0420. The Hall–Kier alpha value is -2.65. The molecule has 2 heterocycles. The number of aliphatic hydroxyl groups excluding tert-OH is 1. The molecular weight excluding hydrogens is 382 g/mol. The van der Waals surface area contributed by atoms with Crippen LogP contribution in [-0.4, -0.2) is 64.4 Å². The van der Waals surface area contributed by atoms with Crippen molar-refractivity contribution in [2.45, 2.75) is 31.9 Å². The first-order valence-electron chi connectivity index (χ1n) is 8.93. The van der Waals surface area contributed by atoms with E-state index in [9.17, 15) is 14.7 Å². The van der Waals surface area contributed by atoms with Crippen molar-refractivity contribution in [3.05, 3.63) is 35.0 Å². The molecule has 0 radical (unpaired) electrons. The van der Waals surface area contributed by atoms with Crippen LogP contribution in [0.25, 0.3) is 10.4 Å². The number of carbonyl (C=O) groups is 2. The van der Waals surface area contributed by atoms with Crippen LogP contribution in [0.1, 0.15) is 17.7 Å². The maximum absolute atomic E-state index is 12.3. The molecule has 0 saturated carbocycles. The van der Waals surface area contributed by atoms with Gasteiger partial charge in [-0.15, -0.1) is 11.3 Å². The average molecular weight is 405 g/mol. The number of nitrogens with one attached hydrogen (secondary N) is 1. The minimum Gasteiger partial charge on any atom is -0.496 e. The van der Waals surface area contributed by atoms with E-state index in [1.165, 1.54) is 0 Å². The van der Waals surface area contributed by atoms with Gasteiger partial charge in [0.1, 0.15) is 11.8 Å². The number of benzene rings is 1. The normalized spacial score (nSPS) is 18.9. The molecule has 28 heavy (non-hydrogen) atoms. The molecule has 0 bridgehead atoms. The van der Waals surface area contributed by atoms with Crippen LogP contribution in [0.5, 0.6) is 5.75 Å². The topological polar surface area (TPSA) is 112 Å². The third kappa shape index (κ3) is 4.26. The fraction of sp³-hybridized carbons (Fsp3) is 0.421. The van der Waals surface area contributed by atoms with E-state index in [1.807, 2.05) is 25.1 Å². The number of rotatable bonds is 6. The zero-order valence-corrected chi connectivity index (χ0v) is 16.5. The van der Waals surface area contributed by atoms with Gasteiger partial charge in [-0.1, -0.05) is 12.1 Å². The number of likely N-dealkylation sites (tertiary alicyclic amines) is 1. The Morgan fingerprint density at radius 2 is 2.21 bits per heavy atom. The molecule has 2 amide bonds. The van der Waals surface area contributed by atoms with Crippen molar-refractivity contribution in [3.63, 3.8) is 0 Å². The highest BCUT2D eigenvalue weighted by molar-refractivity contribution is 7.13. The molecule has 1 aromatic heterocycles. The molecule has 1 aliphatic heterocycles. The van der Waals surface area contributed by atoms with Crippen molar-refractivity contribution >= 4 is 23.3 Å². The van der Waals surface area contributed by atoms with Crippen LogP contribution in [0, 0.1) is 6.92 Å². The molecule has 1 aliphatic rings. The summed E-state index contributed by atoms with van der Waals surface area (Å²) < 4.78 is 5.50. The standard InChI is InChI=1S/C19H23N3O5S/c1-11-17(28-10-21-11)13-4-3-12(16(7-13)27-2)5-6-20-18(24)15-8-14(23)9-22(15)19(25)26/h3-4,7,10,14-15,23H,5-6,8-9H2,1-2H3,(H,20,24)(H,25,26)/t14-,15+/m1/s1. The molecule has 1 aromatic carbocycles. The van der Waals surface area contributed by atoms with Crippen molar-refractivity contribution in [2.75, 3.05) is 20.2 Å². The molecule has 1 saturated heterocycles. The summed E-state index contributed by atoms with van der Waals surface area (Å²) in [6.45, 7) is 2.26. The molecule has 2 aromatic rings. The number of amides is 2. The molecule has 9 heteroatoms. The van der Waals surface area contributed by atoms with Crippen LogP contribution in [0.2, 0.25) is 0 Å². The lowest BCUT2D eigenvalue weighted by molar-refractivity contribution is -0.125. The van der Waals surface area contributed by atoms with E-state index in [1.54, 1.807) is 24.0 Å². The summed E-state index contributed by atoms with van der Waals surface area (Å²) >= 11 is 1.57. The number of carbonyl (C=O) groups excluding carboxylic acids is 1. The van der Waals surface area contributed by atoms with Crippen molar-refractivity contribution < 1.29 is 24.5 Å². The molecule has 3 rings (SSSR count). The first-order chi connectivity index (χ1) is 13.4. The number of nitrogens with zero attached hydrogens (tertiary/aromatic N) is 2. The Morgan fingerprint density at radius 1 is 1.43 bits per heavy atom. The van der Waals surface area contributed by atoms with Gasteiger partial charge >= 0.3 is 6.09 Å². The van der Waals surface area contributed by atoms with E-state index >= 15 is 0 Å². The third-order valence-electron chi connectivity index (χ3n) is 4.82. The quantitative estimate of drug-likeness (QED) is 0.677. The second-order valence-corrected chi connectivity index (χ2v) is 7.53. The van der Waals surface area contributed by atoms with Crippen LogP contribution >= 0.6 is 11.3 Å². The largest absolute Gasteiger partial charge is 0.496 e. The fourth-order valence-electron chi connectivity index (χ4n) is 3.38. The maximum Gasteiger partial charge on any atom is 0.408 e. The minimum atomic E-state index is -1.20. The van der Waals surface area contributed by atoms with Gasteiger partial charge in [0.05, 0.1) is 35.8 Å². The Bertz CT molecular complexity index is 869. The Labute approximate surface area is 166 Å². The molecule has 0 aliphatic carbocycles. The Kier molecular flexibility index (Phi) is 6.15. The van der Waals surface area contributed by atoms with E-state index < -0.39 is 24.1 Å². The van der Waals surface area contributed by atoms with E-state index in [-0.39, 0.29) is 13.0 Å². The lowest BCUT2D eigenvalue weighted by atomic mass is 10.1. The average Bonchev–Trinajstić information content (AvgIpc) is 3.27. The predicted octanol–water partition coefficient (Wildman–Crippen LogP) is 1.90. The van der Waals surface area contributed by atoms with Crippen LogP contribution in [0.15, 0.2) is 23.7 Å². The lowest BCUT2D eigenvalue weighted by Gasteiger charge is -2.20. The highest BCUT2D eigenvalue weighted by atomic mass is 32.1. The Morgan fingerprint density at radius 3 is 2.86 bits per heavy atom. The molecule has 8 nitrogen and oxygen atoms in total. The van der Waals surface area contributed by atoms with Gasteiger partial charge in [0.25, 0.3) is 0 Å². The van der Waals surface area contributed by atoms with Crippen LogP contribution < -0.4 is 10.1 Å². The summed E-state index contributed by atoms with van der Waals surface area (Å²) in [7, 11) is 1.60. The molecule has 0 unspecified atom stereocenters. The van der Waals surface area contributed by atoms with Gasteiger partial charge in [-0.3, -0.25) is 9.69 Å². The second kappa shape index (κ2) is 8.57. The molecule has 1 fully saturated rings. The molecule has 0 spiro atoms. The van der Waals surface area contributed by atoms with Gasteiger partial charge in [0.2, 0.25) is 5.91 Å². The number of β-amino-alcohol motifs (C(OH)–C–C–N with tert-alkyl or cyclic N) is 1. The summed E-state index contributed by atoms with van der Waals surface area (Å²) in [4.78, 5) is 29.9. The monoisotopic (exact) mass is 405 g/mol. The van der Waals surface area contributed by atoms with Crippen LogP contribution in [0.3, 0.4) is 0 Å². The first kappa shape index (κ1) is 20.1. The highest BCUT2D eigenvalue weighted by Crippen LogP contribution is 2.32. The zero-order chi connectivity index (χ0) is 20.3. The van der Waals surface area contributed by atoms with Crippen LogP contribution in [0.4, 0.5) is 4.79 Å².